The van der Waals surface area contributed by atoms with Crippen LogP contribution < -0.4 is 11.5 Å². The third-order valence-electron chi connectivity index (χ3n) is 2.43. The minimum atomic E-state index is -1.40. The molecule has 0 aromatic heterocycles. The van der Waals surface area contributed by atoms with Crippen molar-refractivity contribution < 1.29 is 24.9 Å². The van der Waals surface area contributed by atoms with Crippen LogP contribution in [0.1, 0.15) is 0 Å². The molecular weight excluding hydrogens is 244 g/mol. The first kappa shape index (κ1) is 14.4. The highest BCUT2D eigenvalue weighted by atomic mass is 16.6. The second-order valence-electron chi connectivity index (χ2n) is 3.64. The normalized spacial score (nSPS) is 30.8. The first-order valence-corrected chi connectivity index (χ1v) is 5.09. The van der Waals surface area contributed by atoms with Gasteiger partial charge >= 0.3 is 6.03 Å². The number of carbonyl (C=O) groups excluding carboxylic acids is 1. The summed E-state index contributed by atoms with van der Waals surface area (Å²) in [6, 6.07) is -0.903. The van der Waals surface area contributed by atoms with Gasteiger partial charge in [-0.25, -0.2) is 4.79 Å². The van der Waals surface area contributed by atoms with Crippen molar-refractivity contribution in [2.75, 3.05) is 6.61 Å². The van der Waals surface area contributed by atoms with Gasteiger partial charge in [0.2, 0.25) is 0 Å². The maximum atomic E-state index is 11.6. The summed E-state index contributed by atoms with van der Waals surface area (Å²) in [5.74, 6) is -0.460. The number of aliphatic hydroxyl groups is 3. The lowest BCUT2D eigenvalue weighted by Crippen LogP contribution is -2.44. The highest BCUT2D eigenvalue weighted by molar-refractivity contribution is 5.91. The number of amides is 2. The number of guanidine groups is 1. The number of aliphatic imine (C=N–C) groups is 1. The van der Waals surface area contributed by atoms with Crippen molar-refractivity contribution in [2.24, 2.45) is 16.5 Å². The summed E-state index contributed by atoms with van der Waals surface area (Å²) in [7, 11) is 0. The van der Waals surface area contributed by atoms with Gasteiger partial charge in [-0.1, -0.05) is 6.58 Å². The Morgan fingerprint density at radius 2 is 2.06 bits per heavy atom. The monoisotopic (exact) mass is 260 g/mol. The molecule has 102 valence electrons. The van der Waals surface area contributed by atoms with Gasteiger partial charge in [0.15, 0.2) is 12.2 Å². The quantitative estimate of drug-likeness (QED) is 0.272. The zero-order chi connectivity index (χ0) is 13.9. The van der Waals surface area contributed by atoms with E-state index in [1.165, 1.54) is 0 Å². The second-order valence-corrected chi connectivity index (χ2v) is 3.64. The van der Waals surface area contributed by atoms with Crippen LogP contribution in [0.4, 0.5) is 4.79 Å². The molecule has 1 heterocycles. The number of ether oxygens (including phenoxy) is 1. The molecule has 1 aliphatic rings. The van der Waals surface area contributed by atoms with Crippen molar-refractivity contribution in [3.63, 3.8) is 0 Å². The summed E-state index contributed by atoms with van der Waals surface area (Å²) in [5.41, 5.74) is 10.1. The number of nitrogens with zero attached hydrogens (tertiary/aromatic N) is 2. The van der Waals surface area contributed by atoms with Crippen molar-refractivity contribution in [3.8, 4) is 0 Å². The molecule has 1 rings (SSSR count). The van der Waals surface area contributed by atoms with E-state index >= 15 is 0 Å². The molecule has 9 heteroatoms. The summed E-state index contributed by atoms with van der Waals surface area (Å²) < 4.78 is 5.12. The predicted octanol–water partition coefficient (Wildman–Crippen LogP) is -2.74. The molecule has 4 atom stereocenters. The predicted molar refractivity (Wildman–Crippen MR) is 61.0 cm³/mol. The van der Waals surface area contributed by atoms with Crippen LogP contribution >= 0.6 is 0 Å². The van der Waals surface area contributed by atoms with Gasteiger partial charge < -0.3 is 31.5 Å². The van der Waals surface area contributed by atoms with Gasteiger partial charge in [0, 0.05) is 6.20 Å². The van der Waals surface area contributed by atoms with Crippen LogP contribution in [0.15, 0.2) is 17.8 Å². The van der Waals surface area contributed by atoms with E-state index in [4.69, 9.17) is 21.3 Å². The van der Waals surface area contributed by atoms with E-state index in [9.17, 15) is 15.0 Å². The van der Waals surface area contributed by atoms with Gasteiger partial charge in [0.1, 0.15) is 18.3 Å². The number of urea groups is 1. The molecule has 9 nitrogen and oxygen atoms in total. The largest absolute Gasteiger partial charge is 0.394 e. The van der Waals surface area contributed by atoms with E-state index in [0.717, 1.165) is 11.1 Å². The van der Waals surface area contributed by atoms with E-state index in [-0.39, 0.29) is 0 Å². The topological polar surface area (TPSA) is 155 Å². The molecule has 0 radical (unpaired) electrons. The zero-order valence-corrected chi connectivity index (χ0v) is 9.51. The molecule has 0 spiro atoms. The molecule has 1 saturated heterocycles. The molecule has 18 heavy (non-hydrogen) atoms. The Labute approximate surface area is 103 Å². The van der Waals surface area contributed by atoms with Gasteiger partial charge in [0.05, 0.1) is 6.61 Å². The smallest absolute Gasteiger partial charge is 0.352 e. The van der Waals surface area contributed by atoms with Gasteiger partial charge in [-0.3, -0.25) is 4.90 Å². The zero-order valence-electron chi connectivity index (χ0n) is 9.51. The summed E-state index contributed by atoms with van der Waals surface area (Å²) in [6.07, 6.45) is -3.90. The van der Waals surface area contributed by atoms with Crippen molar-refractivity contribution in [1.29, 1.82) is 0 Å². The molecule has 1 unspecified atom stereocenters. The van der Waals surface area contributed by atoms with E-state index in [1.54, 1.807) is 0 Å². The average molecular weight is 260 g/mol. The van der Waals surface area contributed by atoms with Crippen LogP contribution in [-0.2, 0) is 4.74 Å². The first-order valence-electron chi connectivity index (χ1n) is 5.09. The standard InChI is InChI=1S/C9H16N4O5/c1-2-13(9(17)12-8(10)11)7-6(16)5(15)4(3-14)18-7/h2,4-7,14-16H,1,3H2,(H4,10,11,12,17)/t4-,5?,6+,7-/m1/s1. The van der Waals surface area contributed by atoms with Crippen LogP contribution in [0.25, 0.3) is 0 Å². The first-order chi connectivity index (χ1) is 8.42. The third-order valence-corrected chi connectivity index (χ3v) is 2.43. The lowest BCUT2D eigenvalue weighted by Gasteiger charge is -2.25. The van der Waals surface area contributed by atoms with Crippen molar-refractivity contribution in [2.45, 2.75) is 24.5 Å². The minimum Gasteiger partial charge on any atom is -0.394 e. The number of rotatable bonds is 3. The highest BCUT2D eigenvalue weighted by Gasteiger charge is 2.46. The van der Waals surface area contributed by atoms with Gasteiger partial charge in [0.25, 0.3) is 0 Å². The molecule has 7 N–H and O–H groups in total. The fourth-order valence-corrected chi connectivity index (χ4v) is 1.57. The molecule has 0 aromatic rings. The van der Waals surface area contributed by atoms with E-state index in [0.29, 0.717) is 0 Å². The molecule has 0 aromatic carbocycles. The number of carbonyl (C=O) groups is 1. The van der Waals surface area contributed by atoms with Crippen LogP contribution in [0.3, 0.4) is 0 Å². The maximum Gasteiger partial charge on any atom is 0.352 e. The maximum absolute atomic E-state index is 11.6. The van der Waals surface area contributed by atoms with Gasteiger partial charge in [-0.05, 0) is 0 Å². The van der Waals surface area contributed by atoms with Gasteiger partial charge in [-0.2, -0.15) is 4.99 Å². The lowest BCUT2D eigenvalue weighted by molar-refractivity contribution is -0.0638. The molecule has 1 aliphatic heterocycles. The third kappa shape index (κ3) is 2.76. The summed E-state index contributed by atoms with van der Waals surface area (Å²) >= 11 is 0. The highest BCUT2D eigenvalue weighted by Crippen LogP contribution is 2.24. The van der Waals surface area contributed by atoms with Crippen LogP contribution in [0.5, 0.6) is 0 Å². The van der Waals surface area contributed by atoms with Crippen molar-refractivity contribution in [1.82, 2.24) is 4.90 Å². The summed E-state index contributed by atoms with van der Waals surface area (Å²) in [5, 5.41) is 28.2. The molecule has 0 aliphatic carbocycles. The van der Waals surface area contributed by atoms with E-state index in [1.807, 2.05) is 0 Å². The molecule has 2 amide bonds. The number of hydrogen-bond acceptors (Lipinski definition) is 5. The number of hydrogen-bond donors (Lipinski definition) is 5. The van der Waals surface area contributed by atoms with Gasteiger partial charge in [-0.15, -0.1) is 0 Å². The van der Waals surface area contributed by atoms with E-state index < -0.39 is 43.1 Å². The Morgan fingerprint density at radius 1 is 1.44 bits per heavy atom. The van der Waals surface area contributed by atoms with Crippen LogP contribution in [-0.4, -0.2) is 63.4 Å². The van der Waals surface area contributed by atoms with Crippen molar-refractivity contribution >= 4 is 12.0 Å². The van der Waals surface area contributed by atoms with Crippen LogP contribution in [0, 0.1) is 0 Å². The minimum absolute atomic E-state index is 0.460. The Hall–Kier alpha value is -1.68. The molecule has 1 fully saturated rings. The molecule has 0 bridgehead atoms. The second kappa shape index (κ2) is 5.78. The fourth-order valence-electron chi connectivity index (χ4n) is 1.57. The Kier molecular flexibility index (Phi) is 4.62. The average Bonchev–Trinajstić information content (AvgIpc) is 2.57. The Bertz CT molecular complexity index is 357. The number of aliphatic hydroxyl groups excluding tert-OH is 3. The fraction of sp³-hybridized carbons (Fsp3) is 0.556. The van der Waals surface area contributed by atoms with E-state index in [2.05, 4.69) is 11.6 Å². The molecular formula is C9H16N4O5. The Morgan fingerprint density at radius 3 is 2.44 bits per heavy atom. The Balaban J connectivity index is 2.87. The summed E-state index contributed by atoms with van der Waals surface area (Å²) in [4.78, 5) is 15.7. The summed E-state index contributed by atoms with van der Waals surface area (Å²) in [6.45, 7) is 2.86. The molecule has 0 saturated carbocycles. The SMILES string of the molecule is C=CN(C(=O)N=C(N)N)[C@@H]1O[C@H](CO)C(O)[C@@H]1O. The lowest BCUT2D eigenvalue weighted by atomic mass is 10.1. The van der Waals surface area contributed by atoms with Crippen LogP contribution in [0.2, 0.25) is 0 Å². The number of nitrogens with two attached hydrogens (primary N) is 2. The van der Waals surface area contributed by atoms with Crippen molar-refractivity contribution in [3.05, 3.63) is 12.8 Å².